The Morgan fingerprint density at radius 1 is 0.756 bits per heavy atom. The van der Waals surface area contributed by atoms with Crippen LogP contribution in [-0.2, 0) is 0 Å². The van der Waals surface area contributed by atoms with Crippen LogP contribution in [0.4, 0.5) is 0 Å². The third-order valence-corrected chi connectivity index (χ3v) is 8.95. The number of rotatable bonds is 5. The molecular formula is C40H49Cl5. The van der Waals surface area contributed by atoms with Gasteiger partial charge in [-0.25, -0.2) is 0 Å². The first-order valence-electron chi connectivity index (χ1n) is 15.7. The Morgan fingerprint density at radius 3 is 1.91 bits per heavy atom. The smallest absolute Gasteiger partial charge is 0.0604 e. The predicted octanol–water partition coefficient (Wildman–Crippen LogP) is 15.0. The average Bonchev–Trinajstić information content (AvgIpc) is 3.67. The van der Waals surface area contributed by atoms with Crippen molar-refractivity contribution in [2.24, 2.45) is 22.7 Å². The minimum atomic E-state index is 0.326. The number of benzene rings is 3. The molecular weight excluding hydrogens is 658 g/mol. The van der Waals surface area contributed by atoms with Crippen molar-refractivity contribution in [3.8, 4) is 11.8 Å². The molecule has 0 saturated heterocycles. The summed E-state index contributed by atoms with van der Waals surface area (Å²) in [6.45, 7) is 20.0. The van der Waals surface area contributed by atoms with Crippen molar-refractivity contribution in [1.82, 2.24) is 0 Å². The highest BCUT2D eigenvalue weighted by Gasteiger charge is 2.40. The zero-order valence-electron chi connectivity index (χ0n) is 28.3. The maximum atomic E-state index is 6.17. The second-order valence-corrected chi connectivity index (χ2v) is 16.8. The molecule has 0 aromatic heterocycles. The molecule has 0 aliphatic heterocycles. The molecule has 1 aliphatic rings. The topological polar surface area (TPSA) is 0 Å². The van der Waals surface area contributed by atoms with Crippen molar-refractivity contribution in [1.29, 1.82) is 0 Å². The van der Waals surface area contributed by atoms with Crippen LogP contribution < -0.4 is 0 Å². The van der Waals surface area contributed by atoms with Crippen LogP contribution in [0.2, 0.25) is 25.1 Å². The molecule has 0 N–H and O–H groups in total. The molecule has 0 bridgehead atoms. The van der Waals surface area contributed by atoms with Crippen LogP contribution >= 0.6 is 58.0 Å². The van der Waals surface area contributed by atoms with E-state index in [1.165, 1.54) is 24.0 Å². The average molecular weight is 707 g/mol. The highest BCUT2D eigenvalue weighted by atomic mass is 35.5. The van der Waals surface area contributed by atoms with Gasteiger partial charge in [-0.1, -0.05) is 156 Å². The van der Waals surface area contributed by atoms with Gasteiger partial charge in [-0.15, -0.1) is 0 Å². The highest BCUT2D eigenvalue weighted by molar-refractivity contribution is 6.42. The predicted molar refractivity (Wildman–Crippen MR) is 203 cm³/mol. The van der Waals surface area contributed by atoms with E-state index in [0.717, 1.165) is 40.8 Å². The van der Waals surface area contributed by atoms with Gasteiger partial charge in [-0.2, -0.15) is 0 Å². The molecule has 1 fully saturated rings. The molecule has 1 aliphatic carbocycles. The minimum Gasteiger partial charge on any atom is -0.0976 e. The molecule has 244 valence electrons. The summed E-state index contributed by atoms with van der Waals surface area (Å²) >= 11 is 29.6. The van der Waals surface area contributed by atoms with E-state index in [2.05, 4.69) is 105 Å². The number of hydrogen-bond acceptors (Lipinski definition) is 0. The first-order chi connectivity index (χ1) is 20.8. The standard InChI is InChI=1S/C15H21Cl.C13H16Cl2.C12H12Cl2/c1-10-5-6-11(8-14(10)16)13-7-12(13)9-15(2,3)4;1-13(2,3)8-4-5-10-6-7-11(14)12(15)9-10;1-9(2)4-3-5-10-6-7-11(13)12(14)8-10/h5-6,8,12-13H,7,9H2,1-4H3;4-7,9H,8H2,1-3H3;6-9H,4H2,1-2H3/b;5-4+;. The van der Waals surface area contributed by atoms with Gasteiger partial charge in [-0.3, -0.25) is 0 Å². The fourth-order valence-electron chi connectivity index (χ4n) is 4.60. The van der Waals surface area contributed by atoms with E-state index < -0.39 is 0 Å². The van der Waals surface area contributed by atoms with Crippen molar-refractivity contribution in [2.75, 3.05) is 0 Å². The van der Waals surface area contributed by atoms with Crippen LogP contribution in [0.5, 0.6) is 0 Å². The molecule has 5 heteroatoms. The number of halogens is 5. The van der Waals surface area contributed by atoms with E-state index in [4.69, 9.17) is 58.0 Å². The molecule has 3 aromatic rings. The fourth-order valence-corrected chi connectivity index (χ4v) is 5.40. The lowest BCUT2D eigenvalue weighted by molar-refractivity contribution is 0.350. The lowest BCUT2D eigenvalue weighted by Gasteiger charge is -2.17. The summed E-state index contributed by atoms with van der Waals surface area (Å²) in [7, 11) is 0. The van der Waals surface area contributed by atoms with Gasteiger partial charge < -0.3 is 0 Å². The molecule has 0 spiro atoms. The quantitative estimate of drug-likeness (QED) is 0.232. The molecule has 0 radical (unpaired) electrons. The molecule has 4 rings (SSSR count). The summed E-state index contributed by atoms with van der Waals surface area (Å²) in [4.78, 5) is 0. The maximum absolute atomic E-state index is 6.17. The van der Waals surface area contributed by atoms with Gasteiger partial charge in [0.1, 0.15) is 0 Å². The Balaban J connectivity index is 0.000000236. The number of aryl methyl sites for hydroxylation is 1. The monoisotopic (exact) mass is 704 g/mol. The Labute approximate surface area is 298 Å². The normalized spacial score (nSPS) is 15.9. The summed E-state index contributed by atoms with van der Waals surface area (Å²) in [5, 5.41) is 3.25. The summed E-state index contributed by atoms with van der Waals surface area (Å²) in [6.07, 6.45) is 8.86. The molecule has 3 aromatic carbocycles. The minimum absolute atomic E-state index is 0.326. The van der Waals surface area contributed by atoms with Gasteiger partial charge in [0.15, 0.2) is 0 Å². The summed E-state index contributed by atoms with van der Waals surface area (Å²) in [6, 6.07) is 17.6. The lowest BCUT2D eigenvalue weighted by Crippen LogP contribution is -2.06. The third kappa shape index (κ3) is 16.2. The van der Waals surface area contributed by atoms with E-state index in [-0.39, 0.29) is 0 Å². The van der Waals surface area contributed by atoms with Gasteiger partial charge in [0.2, 0.25) is 0 Å². The van der Waals surface area contributed by atoms with E-state index in [9.17, 15) is 0 Å². The van der Waals surface area contributed by atoms with Crippen molar-refractivity contribution in [3.63, 3.8) is 0 Å². The van der Waals surface area contributed by atoms with Crippen LogP contribution in [0.25, 0.3) is 6.08 Å². The van der Waals surface area contributed by atoms with Crippen LogP contribution in [0, 0.1) is 41.4 Å². The Kier molecular flexibility index (Phi) is 15.9. The molecule has 0 amide bonds. The summed E-state index contributed by atoms with van der Waals surface area (Å²) in [5.74, 6) is 8.38. The van der Waals surface area contributed by atoms with Crippen molar-refractivity contribution < 1.29 is 0 Å². The van der Waals surface area contributed by atoms with Crippen LogP contribution in [0.15, 0.2) is 60.7 Å². The van der Waals surface area contributed by atoms with Crippen molar-refractivity contribution in [3.05, 3.63) is 108 Å². The van der Waals surface area contributed by atoms with Gasteiger partial charge in [0.05, 0.1) is 20.1 Å². The first-order valence-corrected chi connectivity index (χ1v) is 17.5. The van der Waals surface area contributed by atoms with Gasteiger partial charge in [0.25, 0.3) is 0 Å². The van der Waals surface area contributed by atoms with Gasteiger partial charge in [0, 0.05) is 17.0 Å². The van der Waals surface area contributed by atoms with Gasteiger partial charge in [-0.05, 0) is 108 Å². The molecule has 2 unspecified atom stereocenters. The third-order valence-electron chi connectivity index (χ3n) is 7.07. The first kappa shape index (κ1) is 39.6. The van der Waals surface area contributed by atoms with E-state index in [0.29, 0.717) is 36.8 Å². The largest absolute Gasteiger partial charge is 0.0976 e. The number of allylic oxidation sites excluding steroid dienone is 1. The highest BCUT2D eigenvalue weighted by Crippen LogP contribution is 2.53. The number of hydrogen-bond donors (Lipinski definition) is 0. The lowest BCUT2D eigenvalue weighted by atomic mass is 9.88. The van der Waals surface area contributed by atoms with E-state index >= 15 is 0 Å². The summed E-state index contributed by atoms with van der Waals surface area (Å²) in [5.41, 5.74) is 5.40. The van der Waals surface area contributed by atoms with Crippen LogP contribution in [-0.4, -0.2) is 0 Å². The zero-order chi connectivity index (χ0) is 33.9. The maximum Gasteiger partial charge on any atom is 0.0604 e. The van der Waals surface area contributed by atoms with Crippen LogP contribution in [0.3, 0.4) is 0 Å². The van der Waals surface area contributed by atoms with Crippen molar-refractivity contribution >= 4 is 64.1 Å². The Morgan fingerprint density at radius 2 is 1.38 bits per heavy atom. The summed E-state index contributed by atoms with van der Waals surface area (Å²) < 4.78 is 0. The molecule has 0 nitrogen and oxygen atoms in total. The molecule has 0 heterocycles. The van der Waals surface area contributed by atoms with Crippen LogP contribution in [0.1, 0.15) is 109 Å². The van der Waals surface area contributed by atoms with Crippen molar-refractivity contribution in [2.45, 2.75) is 93.9 Å². The Hall–Kier alpha value is -1.59. The SMILES string of the molecule is CC(C)(C)C/C=C/c1ccc(Cl)c(Cl)c1.CC(C)CC#Cc1ccc(Cl)c(Cl)c1.Cc1ccc(C2CC2CC(C)(C)C)cc1Cl. The van der Waals surface area contributed by atoms with E-state index in [1.807, 2.05) is 24.3 Å². The molecule has 1 saturated carbocycles. The van der Waals surface area contributed by atoms with E-state index in [1.54, 1.807) is 12.1 Å². The zero-order valence-corrected chi connectivity index (χ0v) is 32.1. The van der Waals surface area contributed by atoms with Gasteiger partial charge >= 0.3 is 0 Å². The molecule has 2 atom stereocenters. The second-order valence-electron chi connectivity index (χ2n) is 14.7. The molecule has 45 heavy (non-hydrogen) atoms. The second kappa shape index (κ2) is 18.1. The Bertz CT molecular complexity index is 1480. The fraction of sp³-hybridized carbons (Fsp3) is 0.450.